The lowest BCUT2D eigenvalue weighted by Crippen LogP contribution is -2.16. The number of benzene rings is 1. The van der Waals surface area contributed by atoms with E-state index in [2.05, 4.69) is 41.4 Å². The Hall–Kier alpha value is -2.47. The second kappa shape index (κ2) is 7.88. The van der Waals surface area contributed by atoms with Gasteiger partial charge in [-0.2, -0.15) is 0 Å². The molecule has 0 atom stereocenters. The monoisotopic (exact) mass is 328 g/mol. The maximum Gasteiger partial charge on any atom is 0.275 e. The van der Waals surface area contributed by atoms with Gasteiger partial charge in [0.15, 0.2) is 0 Å². The van der Waals surface area contributed by atoms with Crippen molar-refractivity contribution < 1.29 is 9.53 Å². The number of aromatic nitrogens is 2. The van der Waals surface area contributed by atoms with E-state index in [4.69, 9.17) is 4.74 Å². The molecule has 0 saturated carbocycles. The minimum absolute atomic E-state index is 0.0830. The SMILES string of the molecule is COCCNc1cnc(C(=O)Nc2ccc(C(C)(C)C)cc2)cn1. The third-order valence-electron chi connectivity index (χ3n) is 3.51. The van der Waals surface area contributed by atoms with E-state index in [1.807, 2.05) is 24.3 Å². The van der Waals surface area contributed by atoms with Crippen LogP contribution in [0.5, 0.6) is 0 Å². The summed E-state index contributed by atoms with van der Waals surface area (Å²) < 4.78 is 4.95. The van der Waals surface area contributed by atoms with Crippen molar-refractivity contribution in [1.82, 2.24) is 9.97 Å². The van der Waals surface area contributed by atoms with Crippen molar-refractivity contribution in [2.24, 2.45) is 0 Å². The molecule has 0 aliphatic carbocycles. The van der Waals surface area contributed by atoms with Crippen LogP contribution in [0.15, 0.2) is 36.7 Å². The van der Waals surface area contributed by atoms with Gasteiger partial charge in [0.2, 0.25) is 0 Å². The first-order valence-electron chi connectivity index (χ1n) is 7.87. The summed E-state index contributed by atoms with van der Waals surface area (Å²) in [4.78, 5) is 20.5. The minimum Gasteiger partial charge on any atom is -0.383 e. The second-order valence-corrected chi connectivity index (χ2v) is 6.49. The molecular formula is C18H24N4O2. The summed E-state index contributed by atoms with van der Waals surface area (Å²) in [5, 5.41) is 5.88. The van der Waals surface area contributed by atoms with E-state index in [1.54, 1.807) is 7.11 Å². The molecule has 6 heteroatoms. The van der Waals surface area contributed by atoms with Crippen LogP contribution in [0.4, 0.5) is 11.5 Å². The fraction of sp³-hybridized carbons (Fsp3) is 0.389. The predicted octanol–water partition coefficient (Wildman–Crippen LogP) is 3.08. The van der Waals surface area contributed by atoms with Gasteiger partial charge in [-0.3, -0.25) is 4.79 Å². The van der Waals surface area contributed by atoms with Crippen LogP contribution < -0.4 is 10.6 Å². The zero-order valence-electron chi connectivity index (χ0n) is 14.6. The molecule has 6 nitrogen and oxygen atoms in total. The third-order valence-corrected chi connectivity index (χ3v) is 3.51. The molecule has 24 heavy (non-hydrogen) atoms. The van der Waals surface area contributed by atoms with Gasteiger partial charge in [0.25, 0.3) is 5.91 Å². The fourth-order valence-corrected chi connectivity index (χ4v) is 2.07. The molecule has 2 rings (SSSR count). The lowest BCUT2D eigenvalue weighted by Gasteiger charge is -2.19. The highest BCUT2D eigenvalue weighted by Crippen LogP contribution is 2.23. The number of hydrogen-bond acceptors (Lipinski definition) is 5. The number of nitrogens with zero attached hydrogens (tertiary/aromatic N) is 2. The van der Waals surface area contributed by atoms with Crippen LogP contribution in [0, 0.1) is 0 Å². The molecule has 0 radical (unpaired) electrons. The largest absolute Gasteiger partial charge is 0.383 e. The first-order valence-corrected chi connectivity index (χ1v) is 7.87. The summed E-state index contributed by atoms with van der Waals surface area (Å²) in [6.45, 7) is 7.67. The second-order valence-electron chi connectivity index (χ2n) is 6.49. The van der Waals surface area contributed by atoms with Gasteiger partial charge in [-0.1, -0.05) is 32.9 Å². The highest BCUT2D eigenvalue weighted by Gasteiger charge is 2.14. The molecule has 128 valence electrons. The van der Waals surface area contributed by atoms with Crippen LogP contribution in [0.2, 0.25) is 0 Å². The molecule has 1 heterocycles. The number of nitrogens with one attached hydrogen (secondary N) is 2. The minimum atomic E-state index is -0.283. The zero-order valence-corrected chi connectivity index (χ0v) is 14.6. The lowest BCUT2D eigenvalue weighted by atomic mass is 9.87. The summed E-state index contributed by atoms with van der Waals surface area (Å²) in [7, 11) is 1.63. The van der Waals surface area contributed by atoms with Crippen molar-refractivity contribution in [3.05, 3.63) is 47.9 Å². The lowest BCUT2D eigenvalue weighted by molar-refractivity contribution is 0.102. The van der Waals surface area contributed by atoms with Gasteiger partial charge in [0.05, 0.1) is 19.0 Å². The number of amides is 1. The first kappa shape index (κ1) is 17.9. The zero-order chi connectivity index (χ0) is 17.6. The molecule has 0 saturated heterocycles. The van der Waals surface area contributed by atoms with Crippen LogP contribution in [0.3, 0.4) is 0 Å². The summed E-state index contributed by atoms with van der Waals surface area (Å²) >= 11 is 0. The number of anilines is 2. The van der Waals surface area contributed by atoms with Gasteiger partial charge in [-0.15, -0.1) is 0 Å². The Morgan fingerprint density at radius 3 is 2.38 bits per heavy atom. The van der Waals surface area contributed by atoms with Crippen LogP contribution in [0.1, 0.15) is 36.8 Å². The standard InChI is InChI=1S/C18H24N4O2/c1-18(2,3)13-5-7-14(8-6-13)22-17(23)15-11-21-16(12-20-15)19-9-10-24-4/h5-8,11-12H,9-10H2,1-4H3,(H,19,21)(H,22,23). The molecule has 0 fully saturated rings. The molecule has 0 unspecified atom stereocenters. The number of hydrogen-bond donors (Lipinski definition) is 2. The van der Waals surface area contributed by atoms with E-state index >= 15 is 0 Å². The Balaban J connectivity index is 1.96. The summed E-state index contributed by atoms with van der Waals surface area (Å²) in [6, 6.07) is 7.83. The van der Waals surface area contributed by atoms with Crippen molar-refractivity contribution in [3.8, 4) is 0 Å². The Kier molecular flexibility index (Phi) is 5.87. The van der Waals surface area contributed by atoms with Gasteiger partial charge >= 0.3 is 0 Å². The first-order chi connectivity index (χ1) is 11.4. The Bertz CT molecular complexity index is 661. The maximum absolute atomic E-state index is 12.2. The third kappa shape index (κ3) is 5.03. The van der Waals surface area contributed by atoms with Crippen molar-refractivity contribution in [1.29, 1.82) is 0 Å². The molecule has 1 aromatic carbocycles. The topological polar surface area (TPSA) is 76.1 Å². The molecular weight excluding hydrogens is 304 g/mol. The molecule has 1 aromatic heterocycles. The molecule has 0 aliphatic heterocycles. The van der Waals surface area contributed by atoms with E-state index in [0.29, 0.717) is 19.0 Å². The number of rotatable bonds is 6. The Morgan fingerprint density at radius 1 is 1.12 bits per heavy atom. The average molecular weight is 328 g/mol. The number of ether oxygens (including phenoxy) is 1. The van der Waals surface area contributed by atoms with Gasteiger partial charge < -0.3 is 15.4 Å². The van der Waals surface area contributed by atoms with Crippen LogP contribution in [-0.2, 0) is 10.2 Å². The summed E-state index contributed by atoms with van der Waals surface area (Å²) in [5.41, 5.74) is 2.30. The van der Waals surface area contributed by atoms with Crippen LogP contribution in [0.25, 0.3) is 0 Å². The van der Waals surface area contributed by atoms with E-state index in [1.165, 1.54) is 18.0 Å². The molecule has 0 spiro atoms. The van der Waals surface area contributed by atoms with E-state index in [0.717, 1.165) is 5.69 Å². The van der Waals surface area contributed by atoms with Gasteiger partial charge in [0, 0.05) is 19.3 Å². The van der Waals surface area contributed by atoms with E-state index in [9.17, 15) is 4.79 Å². The molecule has 2 N–H and O–H groups in total. The maximum atomic E-state index is 12.2. The molecule has 2 aromatic rings. The van der Waals surface area contributed by atoms with Crippen molar-refractivity contribution >= 4 is 17.4 Å². The van der Waals surface area contributed by atoms with Crippen molar-refractivity contribution in [2.45, 2.75) is 26.2 Å². The Labute approximate surface area is 142 Å². The molecule has 1 amide bonds. The summed E-state index contributed by atoms with van der Waals surface area (Å²) in [5.74, 6) is 0.326. The normalized spacial score (nSPS) is 11.2. The highest BCUT2D eigenvalue weighted by molar-refractivity contribution is 6.02. The molecule has 0 aliphatic rings. The quantitative estimate of drug-likeness (QED) is 0.797. The smallest absolute Gasteiger partial charge is 0.275 e. The number of methoxy groups -OCH3 is 1. The van der Waals surface area contributed by atoms with Crippen molar-refractivity contribution in [3.63, 3.8) is 0 Å². The highest BCUT2D eigenvalue weighted by atomic mass is 16.5. The van der Waals surface area contributed by atoms with E-state index in [-0.39, 0.29) is 17.0 Å². The number of carbonyl (C=O) groups is 1. The predicted molar refractivity (Wildman–Crippen MR) is 95.5 cm³/mol. The van der Waals surface area contributed by atoms with E-state index < -0.39 is 0 Å². The number of carbonyl (C=O) groups excluding carboxylic acids is 1. The van der Waals surface area contributed by atoms with Gasteiger partial charge in [-0.05, 0) is 23.1 Å². The molecule has 0 bridgehead atoms. The average Bonchev–Trinajstić information content (AvgIpc) is 2.55. The van der Waals surface area contributed by atoms with Crippen LogP contribution in [-0.4, -0.2) is 36.1 Å². The fourth-order valence-electron chi connectivity index (χ4n) is 2.07. The Morgan fingerprint density at radius 2 is 1.83 bits per heavy atom. The van der Waals surface area contributed by atoms with Crippen LogP contribution >= 0.6 is 0 Å². The van der Waals surface area contributed by atoms with Gasteiger partial charge in [0.1, 0.15) is 11.5 Å². The summed E-state index contributed by atoms with van der Waals surface area (Å²) in [6.07, 6.45) is 2.99. The van der Waals surface area contributed by atoms with Crippen molar-refractivity contribution in [2.75, 3.05) is 30.9 Å². The van der Waals surface area contributed by atoms with Gasteiger partial charge in [-0.25, -0.2) is 9.97 Å².